The molecule has 1 fully saturated rings. The van der Waals surface area contributed by atoms with Crippen molar-refractivity contribution >= 4 is 5.95 Å². The highest BCUT2D eigenvalue weighted by molar-refractivity contribution is 5.28. The van der Waals surface area contributed by atoms with Gasteiger partial charge in [-0.2, -0.15) is 0 Å². The van der Waals surface area contributed by atoms with Crippen molar-refractivity contribution in [3.63, 3.8) is 0 Å². The lowest BCUT2D eigenvalue weighted by Gasteiger charge is -2.32. The Kier molecular flexibility index (Phi) is 2.93. The second-order valence-corrected chi connectivity index (χ2v) is 5.45. The van der Waals surface area contributed by atoms with Crippen LogP contribution in [0.1, 0.15) is 32.7 Å². The van der Waals surface area contributed by atoms with E-state index in [2.05, 4.69) is 53.9 Å². The number of rotatable bonds is 5. The Morgan fingerprint density at radius 2 is 2.19 bits per heavy atom. The molecule has 0 saturated heterocycles. The Morgan fingerprint density at radius 3 is 2.75 bits per heavy atom. The molecule has 0 unspecified atom stereocenters. The molecule has 0 radical (unpaired) electrons. The van der Waals surface area contributed by atoms with Crippen LogP contribution in [0.3, 0.4) is 0 Å². The largest absolute Gasteiger partial charge is 0.354 e. The van der Waals surface area contributed by atoms with Gasteiger partial charge >= 0.3 is 0 Å². The standard InChI is InChI=1S/C12H22N4/c1-12(2,15(3)4)9-14-11-13-7-8-16(11)10-5-6-10/h7-8,10H,5-6,9H2,1-4H3,(H,13,14). The summed E-state index contributed by atoms with van der Waals surface area (Å²) in [6.07, 6.45) is 6.54. The molecule has 1 aromatic rings. The molecule has 1 saturated carbocycles. The fourth-order valence-corrected chi connectivity index (χ4v) is 1.55. The molecule has 1 N–H and O–H groups in total. The van der Waals surface area contributed by atoms with Gasteiger partial charge in [-0.25, -0.2) is 4.98 Å². The summed E-state index contributed by atoms with van der Waals surface area (Å²) in [7, 11) is 4.21. The highest BCUT2D eigenvalue weighted by atomic mass is 15.2. The minimum absolute atomic E-state index is 0.139. The average molecular weight is 222 g/mol. The summed E-state index contributed by atoms with van der Waals surface area (Å²) in [6, 6.07) is 0.687. The van der Waals surface area contributed by atoms with Crippen LogP contribution in [-0.2, 0) is 0 Å². The molecular formula is C12H22N4. The molecule has 2 rings (SSSR count). The van der Waals surface area contributed by atoms with Crippen LogP contribution in [0.25, 0.3) is 0 Å². The van der Waals surface area contributed by atoms with Crippen molar-refractivity contribution in [2.75, 3.05) is 26.0 Å². The second kappa shape index (κ2) is 4.09. The van der Waals surface area contributed by atoms with Gasteiger partial charge in [0.15, 0.2) is 0 Å². The van der Waals surface area contributed by atoms with Crippen LogP contribution >= 0.6 is 0 Å². The Bertz CT molecular complexity index is 350. The van der Waals surface area contributed by atoms with Crippen LogP contribution in [0.15, 0.2) is 12.4 Å². The lowest BCUT2D eigenvalue weighted by molar-refractivity contribution is 0.209. The zero-order valence-electron chi connectivity index (χ0n) is 10.7. The number of nitrogens with zero attached hydrogens (tertiary/aromatic N) is 3. The molecule has 4 nitrogen and oxygen atoms in total. The number of hydrogen-bond donors (Lipinski definition) is 1. The van der Waals surface area contributed by atoms with E-state index in [0.29, 0.717) is 6.04 Å². The summed E-state index contributed by atoms with van der Waals surface area (Å²) >= 11 is 0. The maximum Gasteiger partial charge on any atom is 0.203 e. The van der Waals surface area contributed by atoms with Crippen LogP contribution in [0.2, 0.25) is 0 Å². The van der Waals surface area contributed by atoms with Gasteiger partial charge in [0.2, 0.25) is 5.95 Å². The maximum atomic E-state index is 4.37. The predicted molar refractivity (Wildman–Crippen MR) is 66.8 cm³/mol. The van der Waals surface area contributed by atoms with E-state index in [1.54, 1.807) is 0 Å². The van der Waals surface area contributed by atoms with Gasteiger partial charge in [0.05, 0.1) is 0 Å². The summed E-state index contributed by atoms with van der Waals surface area (Å²) in [6.45, 7) is 5.36. The van der Waals surface area contributed by atoms with E-state index in [0.717, 1.165) is 12.5 Å². The third-order valence-corrected chi connectivity index (χ3v) is 3.50. The molecule has 0 aliphatic heterocycles. The topological polar surface area (TPSA) is 33.1 Å². The van der Waals surface area contributed by atoms with Crippen molar-refractivity contribution in [2.45, 2.75) is 38.3 Å². The molecule has 1 aromatic heterocycles. The predicted octanol–water partition coefficient (Wildman–Crippen LogP) is 1.97. The first-order chi connectivity index (χ1) is 7.50. The SMILES string of the molecule is CN(C)C(C)(C)CNc1nccn1C1CC1. The number of anilines is 1. The molecule has 90 valence electrons. The first kappa shape index (κ1) is 11.5. The van der Waals surface area contributed by atoms with Crippen molar-refractivity contribution in [3.8, 4) is 0 Å². The van der Waals surface area contributed by atoms with Gasteiger partial charge in [0, 0.05) is 30.5 Å². The number of hydrogen-bond acceptors (Lipinski definition) is 3. The van der Waals surface area contributed by atoms with Gasteiger partial charge in [0.1, 0.15) is 0 Å². The highest BCUT2D eigenvalue weighted by Gasteiger charge is 2.26. The van der Waals surface area contributed by atoms with Crippen molar-refractivity contribution in [2.24, 2.45) is 0 Å². The number of likely N-dealkylation sites (N-methyl/N-ethyl adjacent to an activating group) is 1. The Hall–Kier alpha value is -1.03. The molecule has 16 heavy (non-hydrogen) atoms. The normalized spacial score (nSPS) is 16.8. The first-order valence-corrected chi connectivity index (χ1v) is 5.95. The molecule has 0 bridgehead atoms. The van der Waals surface area contributed by atoms with Gasteiger partial charge in [0.25, 0.3) is 0 Å². The summed E-state index contributed by atoms with van der Waals surface area (Å²) < 4.78 is 2.26. The molecule has 0 spiro atoms. The van der Waals surface area contributed by atoms with E-state index < -0.39 is 0 Å². The van der Waals surface area contributed by atoms with E-state index in [1.807, 2.05) is 6.20 Å². The van der Waals surface area contributed by atoms with Gasteiger partial charge in [-0.3, -0.25) is 0 Å². The summed E-state index contributed by atoms with van der Waals surface area (Å²) in [4.78, 5) is 6.60. The highest BCUT2D eigenvalue weighted by Crippen LogP contribution is 2.36. The zero-order chi connectivity index (χ0) is 11.8. The second-order valence-electron chi connectivity index (χ2n) is 5.45. The van der Waals surface area contributed by atoms with Crippen molar-refractivity contribution < 1.29 is 0 Å². The van der Waals surface area contributed by atoms with Gasteiger partial charge in [-0.1, -0.05) is 0 Å². The van der Waals surface area contributed by atoms with Crippen LogP contribution < -0.4 is 5.32 Å². The van der Waals surface area contributed by atoms with Crippen molar-refractivity contribution in [1.82, 2.24) is 14.5 Å². The minimum atomic E-state index is 0.139. The summed E-state index contributed by atoms with van der Waals surface area (Å²) in [5, 5.41) is 3.45. The maximum absolute atomic E-state index is 4.37. The smallest absolute Gasteiger partial charge is 0.203 e. The van der Waals surface area contributed by atoms with E-state index in [-0.39, 0.29) is 5.54 Å². The number of aromatic nitrogens is 2. The van der Waals surface area contributed by atoms with Crippen LogP contribution in [0.4, 0.5) is 5.95 Å². The molecule has 0 aromatic carbocycles. The molecule has 0 atom stereocenters. The quantitative estimate of drug-likeness (QED) is 0.827. The van der Waals surface area contributed by atoms with Crippen molar-refractivity contribution in [1.29, 1.82) is 0 Å². The minimum Gasteiger partial charge on any atom is -0.354 e. The lowest BCUT2D eigenvalue weighted by Crippen LogP contribution is -2.44. The molecular weight excluding hydrogens is 200 g/mol. The monoisotopic (exact) mass is 222 g/mol. The van der Waals surface area contributed by atoms with Crippen molar-refractivity contribution in [3.05, 3.63) is 12.4 Å². The molecule has 4 heteroatoms. The van der Waals surface area contributed by atoms with E-state index in [1.165, 1.54) is 12.8 Å². The summed E-state index contributed by atoms with van der Waals surface area (Å²) in [5.74, 6) is 1.01. The fourth-order valence-electron chi connectivity index (χ4n) is 1.55. The average Bonchev–Trinajstić information content (AvgIpc) is 2.95. The Balaban J connectivity index is 1.96. The van der Waals surface area contributed by atoms with Gasteiger partial charge < -0.3 is 14.8 Å². The first-order valence-electron chi connectivity index (χ1n) is 5.95. The molecule has 0 amide bonds. The van der Waals surface area contributed by atoms with E-state index in [9.17, 15) is 0 Å². The number of imidazole rings is 1. The Labute approximate surface area is 97.7 Å². The fraction of sp³-hybridized carbons (Fsp3) is 0.750. The molecule has 1 aliphatic carbocycles. The van der Waals surface area contributed by atoms with Gasteiger partial charge in [-0.05, 0) is 40.8 Å². The van der Waals surface area contributed by atoms with Crippen LogP contribution in [-0.4, -0.2) is 40.6 Å². The van der Waals surface area contributed by atoms with Crippen LogP contribution in [0.5, 0.6) is 0 Å². The Morgan fingerprint density at radius 1 is 1.50 bits per heavy atom. The zero-order valence-corrected chi connectivity index (χ0v) is 10.7. The molecule has 1 aliphatic rings. The van der Waals surface area contributed by atoms with E-state index in [4.69, 9.17) is 0 Å². The lowest BCUT2D eigenvalue weighted by atomic mass is 10.1. The summed E-state index contributed by atoms with van der Waals surface area (Å²) in [5.41, 5.74) is 0.139. The third kappa shape index (κ3) is 2.38. The third-order valence-electron chi connectivity index (χ3n) is 3.50. The van der Waals surface area contributed by atoms with E-state index >= 15 is 0 Å². The number of nitrogens with one attached hydrogen (secondary N) is 1. The molecule has 1 heterocycles. The van der Waals surface area contributed by atoms with Gasteiger partial charge in [-0.15, -0.1) is 0 Å². The van der Waals surface area contributed by atoms with Crippen LogP contribution in [0, 0.1) is 0 Å².